The maximum absolute atomic E-state index is 14.0. The van der Waals surface area contributed by atoms with Crippen LogP contribution < -0.4 is 0 Å². The summed E-state index contributed by atoms with van der Waals surface area (Å²) in [4.78, 5) is 15.3. The first-order valence-corrected chi connectivity index (χ1v) is 7.69. The third-order valence-corrected chi connectivity index (χ3v) is 4.86. The van der Waals surface area contributed by atoms with Crippen LogP contribution in [0.1, 0.15) is 24.9 Å². The number of ketones is 1. The SMILES string of the molecule is CC(=O)C(c1ccccc1F)N1C=CC2=C(CCS2)C1. The average molecular weight is 289 g/mol. The summed E-state index contributed by atoms with van der Waals surface area (Å²) >= 11 is 1.85. The molecular formula is C16H16FNOS. The van der Waals surface area contributed by atoms with Gasteiger partial charge < -0.3 is 4.90 Å². The zero-order valence-corrected chi connectivity index (χ0v) is 12.1. The molecule has 2 aliphatic heterocycles. The first-order chi connectivity index (χ1) is 9.66. The Bertz CT molecular complexity index is 608. The number of allylic oxidation sites excluding steroid dienone is 1. The fourth-order valence-corrected chi connectivity index (χ4v) is 3.87. The summed E-state index contributed by atoms with van der Waals surface area (Å²) in [5.74, 6) is 0.754. The van der Waals surface area contributed by atoms with E-state index in [1.165, 1.54) is 23.5 Å². The topological polar surface area (TPSA) is 20.3 Å². The number of rotatable bonds is 3. The molecule has 0 radical (unpaired) electrons. The van der Waals surface area contributed by atoms with Crippen molar-refractivity contribution in [2.75, 3.05) is 12.3 Å². The van der Waals surface area contributed by atoms with Gasteiger partial charge in [0.1, 0.15) is 11.9 Å². The Hall–Kier alpha value is -1.55. The van der Waals surface area contributed by atoms with Crippen molar-refractivity contribution >= 4 is 17.5 Å². The Balaban J connectivity index is 1.92. The number of carbonyl (C=O) groups excluding carboxylic acids is 1. The van der Waals surface area contributed by atoms with Gasteiger partial charge in [-0.3, -0.25) is 4.79 Å². The molecule has 1 atom stereocenters. The molecule has 104 valence electrons. The van der Waals surface area contributed by atoms with E-state index in [0.717, 1.165) is 18.7 Å². The lowest BCUT2D eigenvalue weighted by molar-refractivity contribution is -0.121. The summed E-state index contributed by atoms with van der Waals surface area (Å²) in [6.45, 7) is 2.25. The smallest absolute Gasteiger partial charge is 0.156 e. The lowest BCUT2D eigenvalue weighted by Gasteiger charge is -2.32. The van der Waals surface area contributed by atoms with Crippen molar-refractivity contribution < 1.29 is 9.18 Å². The number of Topliss-reactive ketones (excluding diaryl/α,β-unsaturated/α-hetero) is 1. The van der Waals surface area contributed by atoms with Gasteiger partial charge in [-0.1, -0.05) is 18.2 Å². The highest BCUT2D eigenvalue weighted by Crippen LogP contribution is 2.38. The standard InChI is InChI=1S/C16H16FNOS/c1-11(19)16(13-4-2-3-5-14(13)17)18-8-6-15-12(10-18)7-9-20-15/h2-6,8,16H,7,9-10H2,1H3. The van der Waals surface area contributed by atoms with Crippen molar-refractivity contribution in [1.82, 2.24) is 4.90 Å². The van der Waals surface area contributed by atoms with Crippen LogP contribution in [0.25, 0.3) is 0 Å². The number of hydrogen-bond donors (Lipinski definition) is 0. The molecule has 0 aliphatic carbocycles. The van der Waals surface area contributed by atoms with Crippen LogP contribution in [-0.2, 0) is 4.79 Å². The number of benzene rings is 1. The van der Waals surface area contributed by atoms with E-state index in [4.69, 9.17) is 0 Å². The van der Waals surface area contributed by atoms with E-state index in [0.29, 0.717) is 5.56 Å². The van der Waals surface area contributed by atoms with Crippen LogP contribution in [0.15, 0.2) is 47.0 Å². The highest BCUT2D eigenvalue weighted by atomic mass is 32.2. The Morgan fingerprint density at radius 1 is 1.40 bits per heavy atom. The summed E-state index contributed by atoms with van der Waals surface area (Å²) in [6, 6.07) is 6.00. The van der Waals surface area contributed by atoms with E-state index in [9.17, 15) is 9.18 Å². The average Bonchev–Trinajstić information content (AvgIpc) is 2.88. The van der Waals surface area contributed by atoms with Crippen LogP contribution >= 0.6 is 11.8 Å². The largest absolute Gasteiger partial charge is 0.359 e. The molecular weight excluding hydrogens is 273 g/mol. The highest BCUT2D eigenvalue weighted by molar-refractivity contribution is 8.03. The summed E-state index contributed by atoms with van der Waals surface area (Å²) in [5, 5.41) is 0. The van der Waals surface area contributed by atoms with Gasteiger partial charge in [0.2, 0.25) is 0 Å². The summed E-state index contributed by atoms with van der Waals surface area (Å²) < 4.78 is 14.0. The van der Waals surface area contributed by atoms with Gasteiger partial charge in [-0.15, -0.1) is 11.8 Å². The van der Waals surface area contributed by atoms with Gasteiger partial charge in [-0.2, -0.15) is 0 Å². The van der Waals surface area contributed by atoms with Crippen LogP contribution in [0.3, 0.4) is 0 Å². The van der Waals surface area contributed by atoms with Gasteiger partial charge in [0.25, 0.3) is 0 Å². The maximum Gasteiger partial charge on any atom is 0.156 e. The van der Waals surface area contributed by atoms with Crippen molar-refractivity contribution in [3.63, 3.8) is 0 Å². The molecule has 1 aromatic carbocycles. The number of halogens is 1. The summed E-state index contributed by atoms with van der Waals surface area (Å²) in [7, 11) is 0. The molecule has 0 amide bonds. The minimum absolute atomic E-state index is 0.0329. The number of carbonyl (C=O) groups is 1. The fraction of sp³-hybridized carbons (Fsp3) is 0.312. The molecule has 0 bridgehead atoms. The second-order valence-corrected chi connectivity index (χ2v) is 6.23. The Morgan fingerprint density at radius 2 is 2.20 bits per heavy atom. The molecule has 0 saturated carbocycles. The van der Waals surface area contributed by atoms with E-state index < -0.39 is 6.04 Å². The lowest BCUT2D eigenvalue weighted by atomic mass is 9.99. The summed E-state index contributed by atoms with van der Waals surface area (Å²) in [5.41, 5.74) is 1.82. The quantitative estimate of drug-likeness (QED) is 0.846. The second kappa shape index (κ2) is 5.44. The molecule has 3 rings (SSSR count). The third kappa shape index (κ3) is 2.40. The minimum atomic E-state index is -0.535. The molecule has 0 fully saturated rings. The van der Waals surface area contributed by atoms with Crippen LogP contribution in [0.5, 0.6) is 0 Å². The van der Waals surface area contributed by atoms with Crippen molar-refractivity contribution in [1.29, 1.82) is 0 Å². The van der Waals surface area contributed by atoms with Crippen LogP contribution in [0, 0.1) is 5.82 Å². The first-order valence-electron chi connectivity index (χ1n) is 6.70. The van der Waals surface area contributed by atoms with Crippen LogP contribution in [0.4, 0.5) is 4.39 Å². The van der Waals surface area contributed by atoms with Crippen molar-refractivity contribution in [3.8, 4) is 0 Å². The monoisotopic (exact) mass is 289 g/mol. The summed E-state index contributed by atoms with van der Waals surface area (Å²) in [6.07, 6.45) is 5.03. The van der Waals surface area contributed by atoms with Gasteiger partial charge in [-0.05, 0) is 31.1 Å². The second-order valence-electron chi connectivity index (χ2n) is 5.09. The van der Waals surface area contributed by atoms with E-state index in [1.807, 2.05) is 28.9 Å². The molecule has 20 heavy (non-hydrogen) atoms. The molecule has 2 nitrogen and oxygen atoms in total. The molecule has 1 aromatic rings. The minimum Gasteiger partial charge on any atom is -0.359 e. The molecule has 0 N–H and O–H groups in total. The fourth-order valence-electron chi connectivity index (χ4n) is 2.77. The van der Waals surface area contributed by atoms with Gasteiger partial charge >= 0.3 is 0 Å². The van der Waals surface area contributed by atoms with Crippen LogP contribution in [-0.4, -0.2) is 23.0 Å². The van der Waals surface area contributed by atoms with E-state index in [2.05, 4.69) is 0 Å². The van der Waals surface area contributed by atoms with Crippen molar-refractivity contribution in [2.45, 2.75) is 19.4 Å². The van der Waals surface area contributed by atoms with Crippen LogP contribution in [0.2, 0.25) is 0 Å². The van der Waals surface area contributed by atoms with E-state index >= 15 is 0 Å². The van der Waals surface area contributed by atoms with Crippen molar-refractivity contribution in [2.24, 2.45) is 0 Å². The highest BCUT2D eigenvalue weighted by Gasteiger charge is 2.29. The van der Waals surface area contributed by atoms with Gasteiger partial charge in [0.05, 0.1) is 0 Å². The number of nitrogens with zero attached hydrogens (tertiary/aromatic N) is 1. The van der Waals surface area contributed by atoms with Crippen molar-refractivity contribution in [3.05, 3.63) is 58.4 Å². The number of hydrogen-bond acceptors (Lipinski definition) is 3. The lowest BCUT2D eigenvalue weighted by Crippen LogP contribution is -2.32. The molecule has 2 heterocycles. The Kier molecular flexibility index (Phi) is 3.66. The van der Waals surface area contributed by atoms with E-state index in [1.54, 1.807) is 18.2 Å². The third-order valence-electron chi connectivity index (χ3n) is 3.72. The predicted octanol–water partition coefficient (Wildman–Crippen LogP) is 3.68. The molecule has 4 heteroatoms. The zero-order valence-electron chi connectivity index (χ0n) is 11.3. The number of thioether (sulfide) groups is 1. The maximum atomic E-state index is 14.0. The zero-order chi connectivity index (χ0) is 14.1. The molecule has 2 aliphatic rings. The molecule has 1 unspecified atom stereocenters. The Morgan fingerprint density at radius 3 is 2.95 bits per heavy atom. The van der Waals surface area contributed by atoms with Gasteiger partial charge in [-0.25, -0.2) is 4.39 Å². The van der Waals surface area contributed by atoms with Gasteiger partial charge in [0, 0.05) is 29.0 Å². The normalized spacial score (nSPS) is 19.2. The Labute approximate surface area is 122 Å². The predicted molar refractivity (Wildman–Crippen MR) is 79.8 cm³/mol. The first kappa shape index (κ1) is 13.4. The molecule has 0 saturated heterocycles. The molecule has 0 spiro atoms. The molecule has 0 aromatic heterocycles. The van der Waals surface area contributed by atoms with Gasteiger partial charge in [0.15, 0.2) is 5.78 Å². The van der Waals surface area contributed by atoms with E-state index in [-0.39, 0.29) is 11.6 Å².